The third-order valence-corrected chi connectivity index (χ3v) is 5.59. The van der Waals surface area contributed by atoms with Crippen molar-refractivity contribution in [2.75, 3.05) is 13.7 Å². The molecule has 2 heterocycles. The largest absolute Gasteiger partial charge is 0.490 e. The fourth-order valence-corrected chi connectivity index (χ4v) is 3.84. The van der Waals surface area contributed by atoms with Crippen LogP contribution >= 0.6 is 0 Å². The molecule has 0 fully saturated rings. The molecule has 194 valence electrons. The first kappa shape index (κ1) is 27.1. The fraction of sp³-hybridized carbons (Fsp3) is 0.462. The third kappa shape index (κ3) is 6.79. The van der Waals surface area contributed by atoms with E-state index in [1.165, 1.54) is 0 Å². The minimum atomic E-state index is -1.42. The lowest BCUT2D eigenvalue weighted by atomic mass is 10.0. The molecule has 10 nitrogen and oxygen atoms in total. The first-order valence-electron chi connectivity index (χ1n) is 11.9. The monoisotopic (exact) mass is 498 g/mol. The Morgan fingerprint density at radius 3 is 2.53 bits per heavy atom. The van der Waals surface area contributed by atoms with Gasteiger partial charge in [-0.25, -0.2) is 4.98 Å². The molecule has 0 radical (unpaired) electrons. The maximum absolute atomic E-state index is 11.0. The van der Waals surface area contributed by atoms with Crippen molar-refractivity contribution in [3.8, 4) is 34.5 Å². The molecule has 10 heteroatoms. The first-order valence-corrected chi connectivity index (χ1v) is 11.9. The Kier molecular flexibility index (Phi) is 9.00. The zero-order valence-electron chi connectivity index (χ0n) is 21.3. The average molecular weight is 499 g/mol. The maximum Gasteiger partial charge on any atom is 0.258 e. The summed E-state index contributed by atoms with van der Waals surface area (Å²) in [6.07, 6.45) is -1.21. The van der Waals surface area contributed by atoms with Crippen molar-refractivity contribution in [2.24, 2.45) is 11.7 Å². The number of aryl methyl sites for hydroxylation is 2. The van der Waals surface area contributed by atoms with E-state index in [1.807, 2.05) is 32.0 Å². The lowest BCUT2D eigenvalue weighted by Gasteiger charge is -2.18. The summed E-state index contributed by atoms with van der Waals surface area (Å²) in [5, 5.41) is 23.8. The zero-order valence-corrected chi connectivity index (χ0v) is 21.3. The van der Waals surface area contributed by atoms with Crippen molar-refractivity contribution in [2.45, 2.75) is 59.2 Å². The summed E-state index contributed by atoms with van der Waals surface area (Å²) >= 11 is 0. The van der Waals surface area contributed by atoms with E-state index < -0.39 is 18.1 Å². The molecule has 0 aliphatic heterocycles. The van der Waals surface area contributed by atoms with Gasteiger partial charge < -0.3 is 29.9 Å². The van der Waals surface area contributed by atoms with Gasteiger partial charge in [-0.3, -0.25) is 4.79 Å². The van der Waals surface area contributed by atoms with Crippen LogP contribution in [0.25, 0.3) is 22.8 Å². The Hall–Kier alpha value is -3.50. The molecule has 4 N–H and O–H groups in total. The minimum Gasteiger partial charge on any atom is -0.490 e. The molecule has 3 aromatic rings. The van der Waals surface area contributed by atoms with Crippen molar-refractivity contribution in [1.29, 1.82) is 0 Å². The number of aliphatic hydroxyl groups is 2. The second-order valence-electron chi connectivity index (χ2n) is 9.16. The van der Waals surface area contributed by atoms with E-state index in [0.29, 0.717) is 35.7 Å². The van der Waals surface area contributed by atoms with Gasteiger partial charge in [-0.1, -0.05) is 25.9 Å². The van der Waals surface area contributed by atoms with Crippen LogP contribution in [-0.2, 0) is 17.6 Å². The number of hydrogen-bond donors (Lipinski definition) is 3. The van der Waals surface area contributed by atoms with Crippen LogP contribution in [-0.4, -0.2) is 57.2 Å². The van der Waals surface area contributed by atoms with Gasteiger partial charge in [0.25, 0.3) is 5.89 Å². The molecule has 0 aliphatic rings. The Bertz CT molecular complexity index is 1190. The van der Waals surface area contributed by atoms with Crippen LogP contribution in [0.3, 0.4) is 0 Å². The van der Waals surface area contributed by atoms with Gasteiger partial charge in [0.1, 0.15) is 18.5 Å². The van der Waals surface area contributed by atoms with Gasteiger partial charge in [0, 0.05) is 29.3 Å². The van der Waals surface area contributed by atoms with E-state index in [9.17, 15) is 15.0 Å². The number of primary amides is 1. The highest BCUT2D eigenvalue weighted by Crippen LogP contribution is 2.32. The van der Waals surface area contributed by atoms with E-state index in [1.54, 1.807) is 13.2 Å². The van der Waals surface area contributed by atoms with Crippen LogP contribution in [0.4, 0.5) is 0 Å². The number of amides is 1. The highest BCUT2D eigenvalue weighted by Gasteiger charge is 2.20. The molecule has 0 saturated carbocycles. The smallest absolute Gasteiger partial charge is 0.258 e. The number of aromatic nitrogens is 3. The second kappa shape index (κ2) is 12.0. The molecule has 2 atom stereocenters. The number of carbonyl (C=O) groups excluding carboxylic acids is 1. The molecule has 0 aliphatic carbocycles. The van der Waals surface area contributed by atoms with Crippen LogP contribution in [0.5, 0.6) is 11.6 Å². The van der Waals surface area contributed by atoms with Gasteiger partial charge in [-0.05, 0) is 55.0 Å². The Morgan fingerprint density at radius 2 is 1.89 bits per heavy atom. The van der Waals surface area contributed by atoms with Crippen LogP contribution in [0.2, 0.25) is 0 Å². The van der Waals surface area contributed by atoms with Gasteiger partial charge in [-0.2, -0.15) is 4.98 Å². The number of methoxy groups -OCH3 is 1. The van der Waals surface area contributed by atoms with Crippen LogP contribution < -0.4 is 15.2 Å². The van der Waals surface area contributed by atoms with E-state index in [-0.39, 0.29) is 13.0 Å². The van der Waals surface area contributed by atoms with Gasteiger partial charge in [0.15, 0.2) is 0 Å². The standard InChI is InChI=1S/C26H34N4O6/c1-6-16-9-17(8-15(4)23(16)35-13-20(31)12-21(32)24(27)33)25-29-26(36-30-25)18-10-19(7-14(2)3)28-22(11-18)34-5/h8-11,14,20-21,31-32H,6-7,12-13H2,1-5H3,(H2,27,33)/t20-,21?/m1/s1. The number of nitrogens with zero attached hydrogens (tertiary/aromatic N) is 3. The van der Waals surface area contributed by atoms with Crippen molar-refractivity contribution >= 4 is 5.91 Å². The summed E-state index contributed by atoms with van der Waals surface area (Å²) < 4.78 is 16.8. The highest BCUT2D eigenvalue weighted by molar-refractivity contribution is 5.78. The second-order valence-corrected chi connectivity index (χ2v) is 9.16. The van der Waals surface area contributed by atoms with Gasteiger partial charge >= 0.3 is 0 Å². The average Bonchev–Trinajstić information content (AvgIpc) is 3.32. The number of rotatable bonds is 12. The Labute approximate surface area is 210 Å². The normalized spacial score (nSPS) is 13.0. The molecule has 0 saturated heterocycles. The van der Waals surface area contributed by atoms with Crippen LogP contribution in [0.15, 0.2) is 28.8 Å². The number of ether oxygens (including phenoxy) is 2. The van der Waals surface area contributed by atoms with E-state index in [0.717, 1.165) is 34.4 Å². The first-order chi connectivity index (χ1) is 17.1. The summed E-state index contributed by atoms with van der Waals surface area (Å²) in [5.41, 5.74) is 9.14. The van der Waals surface area contributed by atoms with Gasteiger partial charge in [0.05, 0.1) is 13.2 Å². The van der Waals surface area contributed by atoms with Crippen molar-refractivity contribution in [1.82, 2.24) is 15.1 Å². The van der Waals surface area contributed by atoms with Crippen molar-refractivity contribution < 1.29 is 29.0 Å². The number of carbonyl (C=O) groups is 1. The maximum atomic E-state index is 11.0. The molecular weight excluding hydrogens is 464 g/mol. The molecule has 1 amide bonds. The van der Waals surface area contributed by atoms with E-state index >= 15 is 0 Å². The quantitative estimate of drug-likeness (QED) is 0.342. The molecule has 0 bridgehead atoms. The number of pyridine rings is 1. The molecule has 0 spiro atoms. The number of benzene rings is 1. The summed E-state index contributed by atoms with van der Waals surface area (Å²) in [4.78, 5) is 20.1. The zero-order chi connectivity index (χ0) is 26.4. The minimum absolute atomic E-state index is 0.0908. The lowest BCUT2D eigenvalue weighted by molar-refractivity contribution is -0.127. The summed E-state index contributed by atoms with van der Waals surface area (Å²) in [6, 6.07) is 7.49. The molecule has 2 aromatic heterocycles. The highest BCUT2D eigenvalue weighted by atomic mass is 16.5. The van der Waals surface area contributed by atoms with Crippen molar-refractivity contribution in [3.63, 3.8) is 0 Å². The van der Waals surface area contributed by atoms with Crippen LogP contribution in [0.1, 0.15) is 44.0 Å². The van der Waals surface area contributed by atoms with E-state index in [2.05, 4.69) is 29.0 Å². The molecular formula is C26H34N4O6. The summed E-state index contributed by atoms with van der Waals surface area (Å²) in [6.45, 7) is 8.03. The predicted molar refractivity (Wildman–Crippen MR) is 133 cm³/mol. The third-order valence-electron chi connectivity index (χ3n) is 5.59. The molecule has 3 rings (SSSR count). The number of hydrogen-bond acceptors (Lipinski definition) is 9. The van der Waals surface area contributed by atoms with Gasteiger partial charge in [0.2, 0.25) is 17.6 Å². The molecule has 1 unspecified atom stereocenters. The topological polar surface area (TPSA) is 154 Å². The number of aliphatic hydroxyl groups excluding tert-OH is 2. The predicted octanol–water partition coefficient (Wildman–Crippen LogP) is 2.85. The van der Waals surface area contributed by atoms with Gasteiger partial charge in [-0.15, -0.1) is 0 Å². The Balaban J connectivity index is 1.83. The summed E-state index contributed by atoms with van der Waals surface area (Å²) in [7, 11) is 1.57. The molecule has 1 aromatic carbocycles. The Morgan fingerprint density at radius 1 is 1.14 bits per heavy atom. The lowest BCUT2D eigenvalue weighted by Crippen LogP contribution is -2.33. The van der Waals surface area contributed by atoms with Crippen molar-refractivity contribution in [3.05, 3.63) is 41.1 Å². The summed E-state index contributed by atoms with van der Waals surface area (Å²) in [5.74, 6) is 1.45. The van der Waals surface area contributed by atoms with Crippen LogP contribution in [0, 0.1) is 12.8 Å². The SMILES string of the molecule is CCc1cc(-c2noc(-c3cc(CC(C)C)nc(OC)c3)n2)cc(C)c1OC[C@H](O)CC(O)C(N)=O. The van der Waals surface area contributed by atoms with E-state index in [4.69, 9.17) is 19.7 Å². The molecule has 36 heavy (non-hydrogen) atoms. The number of nitrogens with two attached hydrogens (primary N) is 1. The fourth-order valence-electron chi connectivity index (χ4n) is 3.84.